The molecule has 1 N–H and O–H groups in total. The number of likely N-dealkylation sites (N-methyl/N-ethyl adjacent to an activating group) is 1. The van der Waals surface area contributed by atoms with E-state index in [1.165, 1.54) is 17.7 Å². The molecule has 0 unspecified atom stereocenters. The molecule has 1 rings (SSSR count). The fraction of sp³-hybridized carbons (Fsp3) is 0.625. The summed E-state index contributed by atoms with van der Waals surface area (Å²) in [6, 6.07) is 8.75. The highest BCUT2D eigenvalue weighted by Crippen LogP contribution is 2.14. The molecule has 0 amide bonds. The Balaban J connectivity index is 2.34. The van der Waals surface area contributed by atoms with Gasteiger partial charge in [-0.2, -0.15) is 0 Å². The Morgan fingerprint density at radius 2 is 2.00 bits per heavy atom. The Kier molecular flexibility index (Phi) is 6.81. The summed E-state index contributed by atoms with van der Waals surface area (Å²) in [5.74, 6) is 0.788. The van der Waals surface area contributed by atoms with Crippen molar-refractivity contribution in [1.82, 2.24) is 5.32 Å². The van der Waals surface area contributed by atoms with E-state index in [4.69, 9.17) is 0 Å². The van der Waals surface area contributed by atoms with E-state index in [9.17, 15) is 0 Å². The van der Waals surface area contributed by atoms with Crippen molar-refractivity contribution in [1.29, 1.82) is 0 Å². The second-order valence-corrected chi connectivity index (χ2v) is 5.35. The minimum Gasteiger partial charge on any atom is -0.371 e. The van der Waals surface area contributed by atoms with Crippen molar-refractivity contribution >= 4 is 5.69 Å². The molecule has 0 aliphatic carbocycles. The first-order valence-corrected chi connectivity index (χ1v) is 7.15. The number of hydrogen-bond donors (Lipinski definition) is 1. The monoisotopic (exact) mass is 248 g/mol. The van der Waals surface area contributed by atoms with Gasteiger partial charge in [-0.15, -0.1) is 0 Å². The minimum absolute atomic E-state index is 0.788. The minimum atomic E-state index is 0.788. The predicted octanol–water partition coefficient (Wildman–Crippen LogP) is 3.46. The van der Waals surface area contributed by atoms with Gasteiger partial charge in [0, 0.05) is 25.3 Å². The zero-order valence-electron chi connectivity index (χ0n) is 12.4. The van der Waals surface area contributed by atoms with E-state index in [0.717, 1.165) is 32.1 Å². The summed E-state index contributed by atoms with van der Waals surface area (Å²) in [4.78, 5) is 2.43. The topological polar surface area (TPSA) is 15.3 Å². The van der Waals surface area contributed by atoms with Gasteiger partial charge >= 0.3 is 0 Å². The molecule has 0 atom stereocenters. The predicted molar refractivity (Wildman–Crippen MR) is 81.4 cm³/mol. The summed E-state index contributed by atoms with van der Waals surface area (Å²) in [6.07, 6.45) is 1.26. The van der Waals surface area contributed by atoms with E-state index in [1.807, 2.05) is 0 Å². The van der Waals surface area contributed by atoms with E-state index in [-0.39, 0.29) is 0 Å². The lowest BCUT2D eigenvalue weighted by Crippen LogP contribution is -2.32. The lowest BCUT2D eigenvalue weighted by Gasteiger charge is -2.23. The van der Waals surface area contributed by atoms with Crippen molar-refractivity contribution in [3.8, 4) is 0 Å². The maximum atomic E-state index is 3.52. The SMILES string of the molecule is CCN(CCNCCC(C)C)c1cccc(C)c1. The summed E-state index contributed by atoms with van der Waals surface area (Å²) < 4.78 is 0. The van der Waals surface area contributed by atoms with Gasteiger partial charge in [0.2, 0.25) is 0 Å². The van der Waals surface area contributed by atoms with Crippen LogP contribution in [0.5, 0.6) is 0 Å². The summed E-state index contributed by atoms with van der Waals surface area (Å²) in [5, 5.41) is 3.52. The molecule has 0 spiro atoms. The molecule has 1 aromatic rings. The molecule has 0 bridgehead atoms. The molecular weight excluding hydrogens is 220 g/mol. The first-order valence-electron chi connectivity index (χ1n) is 7.15. The molecule has 0 aliphatic heterocycles. The fourth-order valence-electron chi connectivity index (χ4n) is 2.02. The lowest BCUT2D eigenvalue weighted by atomic mass is 10.1. The molecule has 102 valence electrons. The molecule has 0 saturated carbocycles. The molecule has 2 nitrogen and oxygen atoms in total. The largest absolute Gasteiger partial charge is 0.371 e. The molecule has 0 aromatic heterocycles. The van der Waals surface area contributed by atoms with Crippen LogP contribution in [0.4, 0.5) is 5.69 Å². The average molecular weight is 248 g/mol. The number of aryl methyl sites for hydroxylation is 1. The molecule has 1 aromatic carbocycles. The Morgan fingerprint density at radius 1 is 1.22 bits per heavy atom. The second-order valence-electron chi connectivity index (χ2n) is 5.35. The van der Waals surface area contributed by atoms with E-state index < -0.39 is 0 Å². The normalized spacial score (nSPS) is 10.9. The number of benzene rings is 1. The molecule has 2 heteroatoms. The maximum absolute atomic E-state index is 3.52. The Hall–Kier alpha value is -1.02. The van der Waals surface area contributed by atoms with Crippen LogP contribution in [0.2, 0.25) is 0 Å². The van der Waals surface area contributed by atoms with Gasteiger partial charge in [0.05, 0.1) is 0 Å². The standard InChI is InChI=1S/C16H28N2/c1-5-18(12-11-17-10-9-14(2)3)16-8-6-7-15(4)13-16/h6-8,13-14,17H,5,9-12H2,1-4H3. The van der Waals surface area contributed by atoms with E-state index in [1.54, 1.807) is 0 Å². The molecule has 0 saturated heterocycles. The molecule has 0 aliphatic rings. The molecule has 0 heterocycles. The van der Waals surface area contributed by atoms with Gasteiger partial charge in [0.15, 0.2) is 0 Å². The number of hydrogen-bond acceptors (Lipinski definition) is 2. The van der Waals surface area contributed by atoms with Crippen LogP contribution < -0.4 is 10.2 Å². The van der Waals surface area contributed by atoms with E-state index in [2.05, 4.69) is 62.2 Å². The molecule has 18 heavy (non-hydrogen) atoms. The highest BCUT2D eigenvalue weighted by Gasteiger charge is 2.03. The smallest absolute Gasteiger partial charge is 0.0369 e. The van der Waals surface area contributed by atoms with Gasteiger partial charge in [-0.3, -0.25) is 0 Å². The summed E-state index contributed by atoms with van der Waals surface area (Å²) in [6.45, 7) is 13.2. The molecule has 0 radical (unpaired) electrons. The van der Waals surface area contributed by atoms with Crippen molar-refractivity contribution < 1.29 is 0 Å². The van der Waals surface area contributed by atoms with Crippen LogP contribution in [-0.4, -0.2) is 26.2 Å². The molecular formula is C16H28N2. The maximum Gasteiger partial charge on any atom is 0.0369 e. The van der Waals surface area contributed by atoms with Crippen LogP contribution in [0.3, 0.4) is 0 Å². The highest BCUT2D eigenvalue weighted by atomic mass is 15.1. The number of rotatable bonds is 8. The Morgan fingerprint density at radius 3 is 2.61 bits per heavy atom. The third-order valence-corrected chi connectivity index (χ3v) is 3.21. The van der Waals surface area contributed by atoms with Gasteiger partial charge in [0.1, 0.15) is 0 Å². The first kappa shape index (κ1) is 15.0. The van der Waals surface area contributed by atoms with Crippen LogP contribution in [-0.2, 0) is 0 Å². The van der Waals surface area contributed by atoms with Crippen LogP contribution in [0, 0.1) is 12.8 Å². The van der Waals surface area contributed by atoms with Crippen LogP contribution in [0.1, 0.15) is 32.8 Å². The van der Waals surface area contributed by atoms with Gasteiger partial charge in [-0.1, -0.05) is 26.0 Å². The van der Waals surface area contributed by atoms with E-state index in [0.29, 0.717) is 0 Å². The van der Waals surface area contributed by atoms with Gasteiger partial charge in [0.25, 0.3) is 0 Å². The van der Waals surface area contributed by atoms with Crippen LogP contribution in [0.15, 0.2) is 24.3 Å². The zero-order chi connectivity index (χ0) is 13.4. The van der Waals surface area contributed by atoms with Crippen molar-refractivity contribution in [2.75, 3.05) is 31.1 Å². The van der Waals surface area contributed by atoms with Crippen molar-refractivity contribution in [2.24, 2.45) is 5.92 Å². The summed E-state index contributed by atoms with van der Waals surface area (Å²) in [5.41, 5.74) is 2.67. The van der Waals surface area contributed by atoms with Crippen LogP contribution in [0.25, 0.3) is 0 Å². The Labute approximate surface area is 112 Å². The highest BCUT2D eigenvalue weighted by molar-refractivity contribution is 5.48. The van der Waals surface area contributed by atoms with Crippen molar-refractivity contribution in [2.45, 2.75) is 34.1 Å². The number of nitrogens with one attached hydrogen (secondary N) is 1. The quantitative estimate of drug-likeness (QED) is 0.709. The molecule has 0 fully saturated rings. The third-order valence-electron chi connectivity index (χ3n) is 3.21. The zero-order valence-corrected chi connectivity index (χ0v) is 12.4. The fourth-order valence-corrected chi connectivity index (χ4v) is 2.02. The summed E-state index contributed by atoms with van der Waals surface area (Å²) in [7, 11) is 0. The third kappa shape index (κ3) is 5.54. The van der Waals surface area contributed by atoms with Crippen molar-refractivity contribution in [3.63, 3.8) is 0 Å². The van der Waals surface area contributed by atoms with Gasteiger partial charge in [-0.05, 0) is 50.4 Å². The second kappa shape index (κ2) is 8.15. The number of nitrogens with zero attached hydrogens (tertiary/aromatic N) is 1. The number of anilines is 1. The first-order chi connectivity index (χ1) is 8.63. The van der Waals surface area contributed by atoms with Crippen LogP contribution >= 0.6 is 0 Å². The summed E-state index contributed by atoms with van der Waals surface area (Å²) >= 11 is 0. The van der Waals surface area contributed by atoms with E-state index >= 15 is 0 Å². The average Bonchev–Trinajstić information content (AvgIpc) is 2.33. The lowest BCUT2D eigenvalue weighted by molar-refractivity contribution is 0.537. The van der Waals surface area contributed by atoms with Crippen molar-refractivity contribution in [3.05, 3.63) is 29.8 Å². The van der Waals surface area contributed by atoms with Gasteiger partial charge in [-0.25, -0.2) is 0 Å². The Bertz CT molecular complexity index is 334. The van der Waals surface area contributed by atoms with Gasteiger partial charge < -0.3 is 10.2 Å².